The zero-order valence-electron chi connectivity index (χ0n) is 11.6. The van der Waals surface area contributed by atoms with Crippen LogP contribution in [0.25, 0.3) is 10.9 Å². The lowest BCUT2D eigenvalue weighted by Gasteiger charge is -2.06. The van der Waals surface area contributed by atoms with Crippen LogP contribution in [0.4, 0.5) is 0 Å². The summed E-state index contributed by atoms with van der Waals surface area (Å²) in [6, 6.07) is 8.35. The highest BCUT2D eigenvalue weighted by atomic mass is 32.1. The van der Waals surface area contributed by atoms with E-state index in [1.54, 1.807) is 0 Å². The lowest BCUT2D eigenvalue weighted by Crippen LogP contribution is -2.08. The lowest BCUT2D eigenvalue weighted by atomic mass is 10.1. The topological polar surface area (TPSA) is 30.9 Å². The largest absolute Gasteiger partial charge is 0.389 e. The molecule has 0 aliphatic rings. The van der Waals surface area contributed by atoms with Crippen LogP contribution in [0.3, 0.4) is 0 Å². The molecule has 1 aromatic carbocycles. The van der Waals surface area contributed by atoms with Gasteiger partial charge in [0.1, 0.15) is 4.99 Å². The molecule has 3 heteroatoms. The smallest absolute Gasteiger partial charge is 0.104 e. The first-order chi connectivity index (χ1) is 9.22. The van der Waals surface area contributed by atoms with Gasteiger partial charge in [-0.15, -0.1) is 0 Å². The van der Waals surface area contributed by atoms with Crippen LogP contribution in [-0.4, -0.2) is 9.56 Å². The zero-order chi connectivity index (χ0) is 13.7. The zero-order valence-corrected chi connectivity index (χ0v) is 12.4. The third kappa shape index (κ3) is 3.57. The number of fused-ring (bicyclic) bond motifs is 1. The van der Waals surface area contributed by atoms with E-state index in [4.69, 9.17) is 18.0 Å². The summed E-state index contributed by atoms with van der Waals surface area (Å²) >= 11 is 5.01. The molecule has 2 N–H and O–H groups in total. The van der Waals surface area contributed by atoms with Crippen LogP contribution < -0.4 is 5.73 Å². The van der Waals surface area contributed by atoms with Crippen molar-refractivity contribution in [3.05, 3.63) is 36.0 Å². The summed E-state index contributed by atoms with van der Waals surface area (Å²) in [5.74, 6) is 0. The number of aromatic nitrogens is 1. The average Bonchev–Trinajstić information content (AvgIpc) is 2.81. The van der Waals surface area contributed by atoms with Crippen molar-refractivity contribution in [1.82, 2.24) is 4.57 Å². The Hall–Kier alpha value is -1.35. The second kappa shape index (κ2) is 6.71. The molecule has 0 fully saturated rings. The first-order valence-corrected chi connectivity index (χ1v) is 7.52. The second-order valence-corrected chi connectivity index (χ2v) is 5.50. The quantitative estimate of drug-likeness (QED) is 0.604. The van der Waals surface area contributed by atoms with E-state index < -0.39 is 0 Å². The van der Waals surface area contributed by atoms with E-state index in [0.29, 0.717) is 4.99 Å². The number of aryl methyl sites for hydroxylation is 1. The number of benzene rings is 1. The van der Waals surface area contributed by atoms with E-state index in [2.05, 4.69) is 35.9 Å². The van der Waals surface area contributed by atoms with Crippen molar-refractivity contribution in [3.63, 3.8) is 0 Å². The van der Waals surface area contributed by atoms with Gasteiger partial charge in [-0.2, -0.15) is 0 Å². The van der Waals surface area contributed by atoms with Crippen molar-refractivity contribution in [3.8, 4) is 0 Å². The number of hydrogen-bond acceptors (Lipinski definition) is 1. The van der Waals surface area contributed by atoms with E-state index in [1.165, 1.54) is 43.0 Å². The molecule has 0 bridgehead atoms. The van der Waals surface area contributed by atoms with E-state index in [0.717, 1.165) is 12.1 Å². The molecule has 0 unspecified atom stereocenters. The minimum Gasteiger partial charge on any atom is -0.389 e. The van der Waals surface area contributed by atoms with Crippen LogP contribution >= 0.6 is 12.2 Å². The number of thiocarbonyl (C=S) groups is 1. The van der Waals surface area contributed by atoms with E-state index in [1.807, 2.05) is 6.07 Å². The molecule has 2 nitrogen and oxygen atoms in total. The third-order valence-corrected chi connectivity index (χ3v) is 3.79. The highest BCUT2D eigenvalue weighted by Crippen LogP contribution is 2.18. The van der Waals surface area contributed by atoms with Gasteiger partial charge in [0, 0.05) is 29.2 Å². The fraction of sp³-hybridized carbons (Fsp3) is 0.438. The van der Waals surface area contributed by atoms with Crippen LogP contribution in [0.2, 0.25) is 0 Å². The fourth-order valence-electron chi connectivity index (χ4n) is 2.43. The predicted molar refractivity (Wildman–Crippen MR) is 86.6 cm³/mol. The normalized spacial score (nSPS) is 11.0. The first-order valence-electron chi connectivity index (χ1n) is 7.11. The first kappa shape index (κ1) is 14.1. The van der Waals surface area contributed by atoms with Crippen LogP contribution in [0, 0.1) is 0 Å². The number of nitrogens with zero attached hydrogens (tertiary/aromatic N) is 1. The summed E-state index contributed by atoms with van der Waals surface area (Å²) in [4.78, 5) is 0.467. The Bertz CT molecular complexity index is 557. The molecule has 0 aliphatic carbocycles. The maximum atomic E-state index is 5.66. The van der Waals surface area contributed by atoms with Gasteiger partial charge in [0.05, 0.1) is 0 Å². The third-order valence-electron chi connectivity index (χ3n) is 3.56. The summed E-state index contributed by atoms with van der Waals surface area (Å²) in [5, 5.41) is 1.22. The standard InChI is InChI=1S/C16H22N2S/c1-2-3-4-5-6-10-18-11-9-13-12-14(16(17)19)7-8-15(13)18/h7-9,11-12H,2-6,10H2,1H3,(H2,17,19). The van der Waals surface area contributed by atoms with Crippen molar-refractivity contribution in [2.75, 3.05) is 0 Å². The van der Waals surface area contributed by atoms with Gasteiger partial charge in [-0.25, -0.2) is 0 Å². The Morgan fingerprint density at radius 2 is 1.95 bits per heavy atom. The van der Waals surface area contributed by atoms with Gasteiger partial charge >= 0.3 is 0 Å². The van der Waals surface area contributed by atoms with Gasteiger partial charge < -0.3 is 10.3 Å². The van der Waals surface area contributed by atoms with Gasteiger partial charge in [-0.05, 0) is 30.7 Å². The maximum Gasteiger partial charge on any atom is 0.104 e. The second-order valence-electron chi connectivity index (χ2n) is 5.06. The predicted octanol–water partition coefficient (Wildman–Crippen LogP) is 4.25. The summed E-state index contributed by atoms with van der Waals surface area (Å²) < 4.78 is 2.32. The van der Waals surface area contributed by atoms with Crippen LogP contribution in [0.1, 0.15) is 44.6 Å². The number of unbranched alkanes of at least 4 members (excludes halogenated alkanes) is 4. The molecule has 102 valence electrons. The molecule has 2 aromatic rings. The molecular formula is C16H22N2S. The average molecular weight is 274 g/mol. The maximum absolute atomic E-state index is 5.66. The molecular weight excluding hydrogens is 252 g/mol. The van der Waals surface area contributed by atoms with Crippen molar-refractivity contribution >= 4 is 28.1 Å². The molecule has 0 saturated heterocycles. The van der Waals surface area contributed by atoms with E-state index in [9.17, 15) is 0 Å². The molecule has 0 spiro atoms. The molecule has 0 saturated carbocycles. The Morgan fingerprint density at radius 3 is 2.68 bits per heavy atom. The van der Waals surface area contributed by atoms with Gasteiger partial charge in [0.25, 0.3) is 0 Å². The lowest BCUT2D eigenvalue weighted by molar-refractivity contribution is 0.577. The molecule has 1 heterocycles. The Kier molecular flexibility index (Phi) is 4.97. The molecule has 1 aromatic heterocycles. The molecule has 0 aliphatic heterocycles. The Balaban J connectivity index is 2.02. The van der Waals surface area contributed by atoms with Crippen LogP contribution in [0.5, 0.6) is 0 Å². The molecule has 19 heavy (non-hydrogen) atoms. The van der Waals surface area contributed by atoms with Gasteiger partial charge in [-0.1, -0.05) is 44.8 Å². The van der Waals surface area contributed by atoms with Gasteiger partial charge in [-0.3, -0.25) is 0 Å². The number of hydrogen-bond donors (Lipinski definition) is 1. The fourth-order valence-corrected chi connectivity index (χ4v) is 2.56. The Morgan fingerprint density at radius 1 is 1.16 bits per heavy atom. The van der Waals surface area contributed by atoms with Gasteiger partial charge in [0.15, 0.2) is 0 Å². The highest BCUT2D eigenvalue weighted by Gasteiger charge is 2.03. The van der Waals surface area contributed by atoms with Gasteiger partial charge in [0.2, 0.25) is 0 Å². The summed E-state index contributed by atoms with van der Waals surface area (Å²) in [7, 11) is 0. The van der Waals surface area contributed by atoms with E-state index >= 15 is 0 Å². The SMILES string of the molecule is CCCCCCCn1ccc2cc(C(N)=S)ccc21. The van der Waals surface area contributed by atoms with Crippen molar-refractivity contribution in [2.45, 2.75) is 45.6 Å². The van der Waals surface area contributed by atoms with Crippen molar-refractivity contribution in [1.29, 1.82) is 0 Å². The highest BCUT2D eigenvalue weighted by molar-refractivity contribution is 7.80. The number of nitrogens with two attached hydrogens (primary N) is 1. The summed E-state index contributed by atoms with van der Waals surface area (Å²) in [6.07, 6.45) is 8.73. The van der Waals surface area contributed by atoms with Crippen molar-refractivity contribution in [2.24, 2.45) is 5.73 Å². The number of rotatable bonds is 7. The van der Waals surface area contributed by atoms with E-state index in [-0.39, 0.29) is 0 Å². The van der Waals surface area contributed by atoms with Crippen molar-refractivity contribution < 1.29 is 0 Å². The molecule has 0 radical (unpaired) electrons. The minimum absolute atomic E-state index is 0.467. The van der Waals surface area contributed by atoms with Crippen LogP contribution in [0.15, 0.2) is 30.5 Å². The molecule has 2 rings (SSSR count). The Labute approximate surface area is 120 Å². The monoisotopic (exact) mass is 274 g/mol. The summed E-state index contributed by atoms with van der Waals surface area (Å²) in [6.45, 7) is 3.35. The molecule has 0 amide bonds. The summed E-state index contributed by atoms with van der Waals surface area (Å²) in [5.41, 5.74) is 7.88. The molecule has 0 atom stereocenters. The van der Waals surface area contributed by atoms with Crippen LogP contribution in [-0.2, 0) is 6.54 Å². The minimum atomic E-state index is 0.467.